The molecule has 0 radical (unpaired) electrons. The number of carbonyl (C=O) groups is 3. The molecule has 1 aliphatic rings. The molecule has 1 atom stereocenters. The van der Waals surface area contributed by atoms with Crippen LogP contribution in [0.3, 0.4) is 0 Å². The number of fused-ring (bicyclic) bond motifs is 1. The van der Waals surface area contributed by atoms with Gasteiger partial charge < -0.3 is 15.4 Å². The van der Waals surface area contributed by atoms with Crippen molar-refractivity contribution in [3.05, 3.63) is 81.8 Å². The van der Waals surface area contributed by atoms with Gasteiger partial charge in [-0.1, -0.05) is 60.5 Å². The number of aryl methyl sites for hydroxylation is 1. The van der Waals surface area contributed by atoms with E-state index >= 15 is 0 Å². The van der Waals surface area contributed by atoms with Crippen LogP contribution in [0, 0.1) is 5.41 Å². The number of hydrogen-bond acceptors (Lipinski definition) is 4. The van der Waals surface area contributed by atoms with E-state index in [0.717, 1.165) is 16.7 Å². The highest BCUT2D eigenvalue weighted by molar-refractivity contribution is 6.33. The lowest BCUT2D eigenvalue weighted by molar-refractivity contribution is -0.145. The van der Waals surface area contributed by atoms with Gasteiger partial charge in [0.2, 0.25) is 0 Å². The van der Waals surface area contributed by atoms with Crippen molar-refractivity contribution in [3.8, 4) is 11.1 Å². The van der Waals surface area contributed by atoms with Crippen molar-refractivity contribution in [1.82, 2.24) is 0 Å². The van der Waals surface area contributed by atoms with Crippen molar-refractivity contribution in [2.75, 3.05) is 17.2 Å². The molecular formula is C29H28Cl2N2O4. The number of Topliss-reactive ketones (excluding diaryl/α,β-unsaturated/α-hetero) is 1. The molecule has 0 spiro atoms. The van der Waals surface area contributed by atoms with Gasteiger partial charge in [0.1, 0.15) is 0 Å². The molecule has 6 nitrogen and oxygen atoms in total. The average Bonchev–Trinajstić information content (AvgIpc) is 2.86. The van der Waals surface area contributed by atoms with Gasteiger partial charge in [-0.3, -0.25) is 9.59 Å². The van der Waals surface area contributed by atoms with Gasteiger partial charge in [0, 0.05) is 32.9 Å². The van der Waals surface area contributed by atoms with Crippen LogP contribution in [0.1, 0.15) is 49.0 Å². The van der Waals surface area contributed by atoms with E-state index in [4.69, 9.17) is 27.9 Å². The second kappa shape index (κ2) is 11.4. The number of benzene rings is 3. The molecule has 0 bridgehead atoms. The van der Waals surface area contributed by atoms with Crippen LogP contribution in [0.5, 0.6) is 0 Å². The molecule has 0 aromatic heterocycles. The molecule has 1 aliphatic carbocycles. The molecule has 1 unspecified atom stereocenters. The van der Waals surface area contributed by atoms with Crippen molar-refractivity contribution in [2.24, 2.45) is 5.41 Å². The number of ether oxygens (including phenoxy) is 1. The number of ketones is 1. The maximum atomic E-state index is 13.4. The Morgan fingerprint density at radius 1 is 0.946 bits per heavy atom. The van der Waals surface area contributed by atoms with E-state index in [1.807, 2.05) is 31.2 Å². The van der Waals surface area contributed by atoms with Crippen LogP contribution in [-0.4, -0.2) is 24.4 Å². The molecule has 0 heterocycles. The maximum Gasteiger partial charge on any atom is 0.323 e. The van der Waals surface area contributed by atoms with E-state index in [9.17, 15) is 14.4 Å². The predicted molar refractivity (Wildman–Crippen MR) is 148 cm³/mol. The van der Waals surface area contributed by atoms with E-state index in [2.05, 4.69) is 10.6 Å². The Bertz CT molecular complexity index is 1360. The Labute approximate surface area is 226 Å². The van der Waals surface area contributed by atoms with Crippen molar-refractivity contribution >= 4 is 52.4 Å². The number of hydrogen-bond donors (Lipinski definition) is 2. The minimum Gasteiger partial charge on any atom is -0.466 e. The first-order valence-electron chi connectivity index (χ1n) is 12.2. The molecule has 0 fully saturated rings. The summed E-state index contributed by atoms with van der Waals surface area (Å²) in [5.41, 5.74) is 3.64. The standard InChI is InChI=1S/C29H28Cl2N2O4/c1-3-29(17-26(34)37-4-2)13-12-19-14-18(8-10-24(19)27(29)35)23-11-9-22(16-25(23)31)33-28(36)32-21-7-5-6-20(30)15-21/h5-11,14-16H,3-4,12-13,17H2,1-2H3,(H2,32,33,36). The van der Waals surface area contributed by atoms with Gasteiger partial charge in [0.25, 0.3) is 0 Å². The van der Waals surface area contributed by atoms with Gasteiger partial charge in [-0.25, -0.2) is 4.79 Å². The Morgan fingerprint density at radius 2 is 1.68 bits per heavy atom. The van der Waals surface area contributed by atoms with E-state index in [0.29, 0.717) is 52.9 Å². The van der Waals surface area contributed by atoms with Gasteiger partial charge in [0.15, 0.2) is 5.78 Å². The molecule has 37 heavy (non-hydrogen) atoms. The fourth-order valence-corrected chi connectivity index (χ4v) is 5.25. The van der Waals surface area contributed by atoms with Gasteiger partial charge in [-0.2, -0.15) is 0 Å². The van der Waals surface area contributed by atoms with Crippen LogP contribution in [0.25, 0.3) is 11.1 Å². The Hall–Kier alpha value is -3.35. The second-order valence-electron chi connectivity index (χ2n) is 9.10. The van der Waals surface area contributed by atoms with E-state index < -0.39 is 11.4 Å². The Balaban J connectivity index is 1.50. The molecule has 4 rings (SSSR count). The number of halogens is 2. The van der Waals surface area contributed by atoms with E-state index in [-0.39, 0.29) is 18.2 Å². The van der Waals surface area contributed by atoms with Crippen molar-refractivity contribution < 1.29 is 19.1 Å². The summed E-state index contributed by atoms with van der Waals surface area (Å²) in [6.07, 6.45) is 1.96. The number of rotatable bonds is 7. The lowest BCUT2D eigenvalue weighted by Crippen LogP contribution is -2.38. The number of carbonyl (C=O) groups excluding carboxylic acids is 3. The van der Waals surface area contributed by atoms with Crippen LogP contribution in [0.4, 0.5) is 16.2 Å². The quantitative estimate of drug-likeness (QED) is 0.300. The maximum absolute atomic E-state index is 13.4. The normalized spacial score (nSPS) is 16.6. The highest BCUT2D eigenvalue weighted by atomic mass is 35.5. The summed E-state index contributed by atoms with van der Waals surface area (Å²) >= 11 is 12.6. The summed E-state index contributed by atoms with van der Waals surface area (Å²) in [4.78, 5) is 38.0. The lowest BCUT2D eigenvalue weighted by Gasteiger charge is -2.35. The predicted octanol–water partition coefficient (Wildman–Crippen LogP) is 7.78. The molecular weight excluding hydrogens is 511 g/mol. The molecule has 2 N–H and O–H groups in total. The smallest absolute Gasteiger partial charge is 0.323 e. The van der Waals surface area contributed by atoms with Gasteiger partial charge in [-0.05, 0) is 67.6 Å². The molecule has 2 amide bonds. The summed E-state index contributed by atoms with van der Waals surface area (Å²) in [6, 6.07) is 17.4. The zero-order chi connectivity index (χ0) is 26.6. The molecule has 0 aliphatic heterocycles. The summed E-state index contributed by atoms with van der Waals surface area (Å²) in [5, 5.41) is 6.48. The fraction of sp³-hybridized carbons (Fsp3) is 0.276. The third-order valence-electron chi connectivity index (χ3n) is 6.79. The molecule has 0 saturated carbocycles. The highest BCUT2D eigenvalue weighted by Crippen LogP contribution is 2.43. The molecule has 3 aromatic rings. The lowest BCUT2D eigenvalue weighted by atomic mass is 9.67. The molecule has 8 heteroatoms. The first kappa shape index (κ1) is 26.7. The van der Waals surface area contributed by atoms with E-state index in [1.54, 1.807) is 43.3 Å². The number of esters is 1. The van der Waals surface area contributed by atoms with Crippen molar-refractivity contribution in [1.29, 1.82) is 0 Å². The van der Waals surface area contributed by atoms with Crippen LogP contribution < -0.4 is 10.6 Å². The van der Waals surface area contributed by atoms with Gasteiger partial charge in [-0.15, -0.1) is 0 Å². The topological polar surface area (TPSA) is 84.5 Å². The minimum atomic E-state index is -0.725. The average molecular weight is 539 g/mol. The Kier molecular flexibility index (Phi) is 8.20. The van der Waals surface area contributed by atoms with Crippen LogP contribution in [0.2, 0.25) is 10.0 Å². The highest BCUT2D eigenvalue weighted by Gasteiger charge is 2.43. The minimum absolute atomic E-state index is 0.00721. The third-order valence-corrected chi connectivity index (χ3v) is 7.34. The zero-order valence-electron chi connectivity index (χ0n) is 20.7. The van der Waals surface area contributed by atoms with Gasteiger partial charge in [0.05, 0.1) is 18.1 Å². The first-order chi connectivity index (χ1) is 17.7. The largest absolute Gasteiger partial charge is 0.466 e. The monoisotopic (exact) mass is 538 g/mol. The van der Waals surface area contributed by atoms with Crippen LogP contribution in [-0.2, 0) is 16.0 Å². The fourth-order valence-electron chi connectivity index (χ4n) is 4.77. The van der Waals surface area contributed by atoms with E-state index in [1.165, 1.54) is 0 Å². The number of anilines is 2. The van der Waals surface area contributed by atoms with Crippen molar-refractivity contribution in [2.45, 2.75) is 39.5 Å². The number of urea groups is 1. The van der Waals surface area contributed by atoms with Crippen LogP contribution >= 0.6 is 23.2 Å². The molecule has 0 saturated heterocycles. The number of nitrogens with one attached hydrogen (secondary N) is 2. The summed E-state index contributed by atoms with van der Waals surface area (Å²) in [5.74, 6) is -0.341. The summed E-state index contributed by atoms with van der Waals surface area (Å²) in [7, 11) is 0. The van der Waals surface area contributed by atoms with Crippen molar-refractivity contribution in [3.63, 3.8) is 0 Å². The second-order valence-corrected chi connectivity index (χ2v) is 9.94. The first-order valence-corrected chi connectivity index (χ1v) is 13.0. The van der Waals surface area contributed by atoms with Gasteiger partial charge >= 0.3 is 12.0 Å². The number of amides is 2. The van der Waals surface area contributed by atoms with Crippen LogP contribution in [0.15, 0.2) is 60.7 Å². The molecule has 192 valence electrons. The zero-order valence-corrected chi connectivity index (χ0v) is 22.2. The molecule has 3 aromatic carbocycles. The summed E-state index contributed by atoms with van der Waals surface area (Å²) < 4.78 is 5.12. The summed E-state index contributed by atoms with van der Waals surface area (Å²) in [6.45, 7) is 4.01. The Morgan fingerprint density at radius 3 is 2.35 bits per heavy atom. The third kappa shape index (κ3) is 5.97. The SMILES string of the molecule is CCOC(=O)CC1(CC)CCc2cc(-c3ccc(NC(=O)Nc4cccc(Cl)c4)cc3Cl)ccc2C1=O.